The summed E-state index contributed by atoms with van der Waals surface area (Å²) < 4.78 is 19.3. The van der Waals surface area contributed by atoms with Gasteiger partial charge in [0.25, 0.3) is 0 Å². The highest BCUT2D eigenvalue weighted by Crippen LogP contribution is 2.59. The van der Waals surface area contributed by atoms with Crippen LogP contribution in [0.4, 0.5) is 0 Å². The Balaban J connectivity index is 1.49. The molecule has 8 heteroatoms. The Bertz CT molecular complexity index is 1180. The van der Waals surface area contributed by atoms with Crippen LogP contribution in [-0.2, 0) is 4.74 Å². The van der Waals surface area contributed by atoms with Crippen LogP contribution in [0, 0.1) is 5.41 Å². The molecule has 1 aromatic heterocycles. The molecule has 0 spiro atoms. The summed E-state index contributed by atoms with van der Waals surface area (Å²) in [4.78, 5) is 26.8. The third-order valence-electron chi connectivity index (χ3n) is 7.88. The summed E-state index contributed by atoms with van der Waals surface area (Å²) in [6.45, 7) is 9.50. The molecule has 35 heavy (non-hydrogen) atoms. The van der Waals surface area contributed by atoms with Crippen LogP contribution in [0.15, 0.2) is 29.2 Å². The first-order valence-electron chi connectivity index (χ1n) is 12.4. The monoisotopic (exact) mass is 482 g/mol. The number of carboxylic acids is 1. The molecular formula is C27H34N2O6. The van der Waals surface area contributed by atoms with Crippen LogP contribution < -0.4 is 14.9 Å². The van der Waals surface area contributed by atoms with Gasteiger partial charge in [-0.1, -0.05) is 13.8 Å². The number of nitrogens with zero attached hydrogens (tertiary/aromatic N) is 2. The van der Waals surface area contributed by atoms with Crippen molar-refractivity contribution in [2.75, 3.05) is 46.6 Å². The molecule has 1 aliphatic carbocycles. The predicted octanol–water partition coefficient (Wildman–Crippen LogP) is 3.78. The molecule has 0 bridgehead atoms. The molecular weight excluding hydrogens is 448 g/mol. The van der Waals surface area contributed by atoms with Crippen LogP contribution >= 0.6 is 0 Å². The van der Waals surface area contributed by atoms with E-state index in [1.807, 2.05) is 10.6 Å². The Morgan fingerprint density at radius 3 is 2.69 bits per heavy atom. The van der Waals surface area contributed by atoms with E-state index in [2.05, 4.69) is 24.8 Å². The Labute approximate surface area is 205 Å². The van der Waals surface area contributed by atoms with E-state index in [9.17, 15) is 14.7 Å². The van der Waals surface area contributed by atoms with Gasteiger partial charge in [-0.3, -0.25) is 9.69 Å². The summed E-state index contributed by atoms with van der Waals surface area (Å²) in [5.74, 6) is 0.349. The standard InChI is InChI=1S/C27H34N2O6/c1-27(2)6-5-17-18-13-24(35-10-4-7-28-8-11-34-12-9-28)23(33-3)14-19(18)21-15-22(30)20(26(31)32)16-29(21)25(17)27/h13-17,25H,4-12H2,1-3H3,(H,31,32)/t17-,25+/m0/s1. The average Bonchev–Trinajstić information content (AvgIpc) is 3.17. The number of ether oxygens (including phenoxy) is 3. The van der Waals surface area contributed by atoms with Gasteiger partial charge in [-0.15, -0.1) is 0 Å². The molecule has 1 N–H and O–H groups in total. The minimum absolute atomic E-state index is 0.0406. The van der Waals surface area contributed by atoms with Crippen LogP contribution in [0.3, 0.4) is 0 Å². The quantitative estimate of drug-likeness (QED) is 0.601. The summed E-state index contributed by atoms with van der Waals surface area (Å²) in [6.07, 6.45) is 4.45. The molecule has 1 saturated carbocycles. The van der Waals surface area contributed by atoms with E-state index in [0.717, 1.165) is 74.7 Å². The molecule has 1 saturated heterocycles. The highest BCUT2D eigenvalue weighted by molar-refractivity contribution is 5.88. The number of pyridine rings is 1. The van der Waals surface area contributed by atoms with Crippen LogP contribution in [0.25, 0.3) is 11.3 Å². The Kier molecular flexibility index (Phi) is 6.36. The number of carbonyl (C=O) groups is 1. The maximum atomic E-state index is 12.7. The lowest BCUT2D eigenvalue weighted by Crippen LogP contribution is -2.37. The van der Waals surface area contributed by atoms with Gasteiger partial charge in [0.05, 0.1) is 32.6 Å². The van der Waals surface area contributed by atoms with Gasteiger partial charge in [-0.25, -0.2) is 4.79 Å². The minimum atomic E-state index is -1.19. The summed E-state index contributed by atoms with van der Waals surface area (Å²) in [7, 11) is 1.62. The fraction of sp³-hybridized carbons (Fsp3) is 0.556. The van der Waals surface area contributed by atoms with Crippen molar-refractivity contribution in [3.63, 3.8) is 0 Å². The van der Waals surface area contributed by atoms with Crippen molar-refractivity contribution < 1.29 is 24.1 Å². The van der Waals surface area contributed by atoms with Crippen molar-refractivity contribution in [3.05, 3.63) is 45.7 Å². The summed E-state index contributed by atoms with van der Waals surface area (Å²) in [6, 6.07) is 5.56. The zero-order valence-corrected chi connectivity index (χ0v) is 20.7. The predicted molar refractivity (Wildman–Crippen MR) is 132 cm³/mol. The number of hydrogen-bond acceptors (Lipinski definition) is 6. The van der Waals surface area contributed by atoms with Gasteiger partial charge in [-0.2, -0.15) is 0 Å². The molecule has 0 radical (unpaired) electrons. The first-order chi connectivity index (χ1) is 16.8. The fourth-order valence-electron chi connectivity index (χ4n) is 6.10. The van der Waals surface area contributed by atoms with Crippen molar-refractivity contribution in [2.45, 2.75) is 45.1 Å². The molecule has 2 fully saturated rings. The van der Waals surface area contributed by atoms with Gasteiger partial charge in [0.1, 0.15) is 5.56 Å². The van der Waals surface area contributed by atoms with Crippen LogP contribution in [0.2, 0.25) is 0 Å². The number of fused-ring (bicyclic) bond motifs is 6. The highest BCUT2D eigenvalue weighted by Gasteiger charge is 2.47. The number of aromatic carboxylic acids is 1. The lowest BCUT2D eigenvalue weighted by atomic mass is 9.77. The van der Waals surface area contributed by atoms with Gasteiger partial charge in [-0.05, 0) is 42.4 Å². The molecule has 5 rings (SSSR count). The van der Waals surface area contributed by atoms with Crippen molar-refractivity contribution in [1.82, 2.24) is 9.47 Å². The number of morpholine rings is 1. The molecule has 2 aromatic rings. The summed E-state index contributed by atoms with van der Waals surface area (Å²) in [5, 5.41) is 9.58. The molecule has 3 aliphatic rings. The molecule has 3 heterocycles. The maximum Gasteiger partial charge on any atom is 0.341 e. The molecule has 0 amide bonds. The van der Waals surface area contributed by atoms with E-state index >= 15 is 0 Å². The van der Waals surface area contributed by atoms with E-state index < -0.39 is 11.4 Å². The van der Waals surface area contributed by atoms with E-state index in [-0.39, 0.29) is 22.9 Å². The molecule has 2 aliphatic heterocycles. The van der Waals surface area contributed by atoms with Gasteiger partial charge in [0.2, 0.25) is 0 Å². The molecule has 1 aromatic carbocycles. The maximum absolute atomic E-state index is 12.7. The van der Waals surface area contributed by atoms with Crippen molar-refractivity contribution >= 4 is 5.97 Å². The third kappa shape index (κ3) is 4.34. The smallest absolute Gasteiger partial charge is 0.341 e. The van der Waals surface area contributed by atoms with Gasteiger partial charge in [0, 0.05) is 49.4 Å². The second-order valence-electron chi connectivity index (χ2n) is 10.5. The second-order valence-corrected chi connectivity index (χ2v) is 10.5. The number of benzene rings is 1. The van der Waals surface area contributed by atoms with E-state index in [4.69, 9.17) is 14.2 Å². The van der Waals surface area contributed by atoms with Crippen molar-refractivity contribution in [3.8, 4) is 22.8 Å². The summed E-state index contributed by atoms with van der Waals surface area (Å²) >= 11 is 0. The minimum Gasteiger partial charge on any atom is -0.493 e. The molecule has 0 unspecified atom stereocenters. The molecule has 8 nitrogen and oxygen atoms in total. The van der Waals surface area contributed by atoms with Crippen LogP contribution in [0.1, 0.15) is 61.0 Å². The zero-order chi connectivity index (χ0) is 24.7. The number of rotatable bonds is 7. The van der Waals surface area contributed by atoms with E-state index in [1.54, 1.807) is 7.11 Å². The highest BCUT2D eigenvalue weighted by atomic mass is 16.5. The Hall–Kier alpha value is -2.84. The number of carboxylic acid groups (broad SMARTS) is 1. The first kappa shape index (κ1) is 23.9. The lowest BCUT2D eigenvalue weighted by molar-refractivity contribution is 0.0357. The van der Waals surface area contributed by atoms with Crippen LogP contribution in [0.5, 0.6) is 11.5 Å². The average molecular weight is 483 g/mol. The summed E-state index contributed by atoms with van der Waals surface area (Å²) in [5.41, 5.74) is 2.09. The number of aromatic nitrogens is 1. The Morgan fingerprint density at radius 2 is 1.97 bits per heavy atom. The zero-order valence-electron chi connectivity index (χ0n) is 20.7. The number of methoxy groups -OCH3 is 1. The largest absolute Gasteiger partial charge is 0.493 e. The van der Waals surface area contributed by atoms with Crippen LogP contribution in [-0.4, -0.2) is 67.1 Å². The van der Waals surface area contributed by atoms with Gasteiger partial charge in [0.15, 0.2) is 16.9 Å². The third-order valence-corrected chi connectivity index (χ3v) is 7.88. The normalized spacial score (nSPS) is 22.7. The van der Waals surface area contributed by atoms with Gasteiger partial charge >= 0.3 is 5.97 Å². The topological polar surface area (TPSA) is 90.2 Å². The SMILES string of the molecule is COc1cc2c(cc1OCCCN1CCOCC1)[C@@H]1CCC(C)(C)[C@@H]1n1cc(C(=O)O)c(=O)cc1-2. The number of hydrogen-bond donors (Lipinski definition) is 1. The van der Waals surface area contributed by atoms with Crippen molar-refractivity contribution in [2.24, 2.45) is 5.41 Å². The van der Waals surface area contributed by atoms with Gasteiger partial charge < -0.3 is 23.9 Å². The fourth-order valence-corrected chi connectivity index (χ4v) is 6.10. The second kappa shape index (κ2) is 9.32. The molecule has 188 valence electrons. The van der Waals surface area contributed by atoms with E-state index in [1.165, 1.54) is 12.3 Å². The first-order valence-corrected chi connectivity index (χ1v) is 12.4. The molecule has 2 atom stereocenters. The lowest BCUT2D eigenvalue weighted by Gasteiger charge is -2.40. The Morgan fingerprint density at radius 1 is 1.20 bits per heavy atom. The van der Waals surface area contributed by atoms with E-state index in [0.29, 0.717) is 12.4 Å². The van der Waals surface area contributed by atoms with Crippen molar-refractivity contribution in [1.29, 1.82) is 0 Å².